The van der Waals surface area contributed by atoms with Gasteiger partial charge in [-0.15, -0.1) is 0 Å². The van der Waals surface area contributed by atoms with E-state index in [2.05, 4.69) is 10.6 Å². The van der Waals surface area contributed by atoms with Crippen LogP contribution in [0.25, 0.3) is 17.4 Å². The normalized spacial score (nSPS) is 10.9. The van der Waals surface area contributed by atoms with Gasteiger partial charge in [0, 0.05) is 28.5 Å². The van der Waals surface area contributed by atoms with E-state index in [1.807, 2.05) is 74.5 Å². The third kappa shape index (κ3) is 7.17. The van der Waals surface area contributed by atoms with Crippen molar-refractivity contribution in [2.45, 2.75) is 20.3 Å². The quantitative estimate of drug-likeness (QED) is 0.145. The number of benzene rings is 4. The number of aryl methyl sites for hydroxylation is 2. The fourth-order valence-corrected chi connectivity index (χ4v) is 4.41. The lowest BCUT2D eigenvalue weighted by Gasteiger charge is -2.13. The molecule has 0 aliphatic carbocycles. The first-order valence-corrected chi connectivity index (χ1v) is 13.6. The maximum atomic E-state index is 13.4. The highest BCUT2D eigenvalue weighted by Crippen LogP contribution is 2.25. The highest BCUT2D eigenvalue weighted by Gasteiger charge is 2.17. The Labute approximate surface area is 244 Å². The molecule has 0 saturated carbocycles. The number of furan rings is 1. The summed E-state index contributed by atoms with van der Waals surface area (Å²) >= 11 is 0. The van der Waals surface area contributed by atoms with Gasteiger partial charge in [0.1, 0.15) is 11.5 Å². The van der Waals surface area contributed by atoms with E-state index < -0.39 is 5.91 Å². The predicted octanol–water partition coefficient (Wildman–Crippen LogP) is 7.63. The van der Waals surface area contributed by atoms with Crippen molar-refractivity contribution < 1.29 is 18.8 Å². The maximum Gasteiger partial charge on any atom is 0.248 e. The van der Waals surface area contributed by atoms with Crippen LogP contribution in [0.15, 0.2) is 120 Å². The Morgan fingerprint density at radius 3 is 2.14 bits per heavy atom. The van der Waals surface area contributed by atoms with Crippen molar-refractivity contribution in [3.63, 3.8) is 0 Å². The van der Waals surface area contributed by atoms with Gasteiger partial charge in [-0.2, -0.15) is 0 Å². The summed E-state index contributed by atoms with van der Waals surface area (Å²) in [4.78, 5) is 39.0. The van der Waals surface area contributed by atoms with Gasteiger partial charge in [0.2, 0.25) is 11.8 Å². The van der Waals surface area contributed by atoms with E-state index in [9.17, 15) is 14.4 Å². The Hall–Kier alpha value is -5.49. The van der Waals surface area contributed by atoms with E-state index in [4.69, 9.17) is 4.42 Å². The van der Waals surface area contributed by atoms with E-state index in [-0.39, 0.29) is 23.7 Å². The van der Waals surface area contributed by atoms with Gasteiger partial charge in [0.15, 0.2) is 5.78 Å². The molecule has 0 bridgehead atoms. The molecule has 2 amide bonds. The highest BCUT2D eigenvalue weighted by molar-refractivity contribution is 6.15. The van der Waals surface area contributed by atoms with Crippen LogP contribution in [0.4, 0.5) is 11.4 Å². The molecule has 208 valence electrons. The number of carbonyl (C=O) groups is 3. The molecular formula is C36H30N2O4. The molecule has 6 heteroatoms. The Balaban J connectivity index is 1.32. The summed E-state index contributed by atoms with van der Waals surface area (Å²) in [6, 6.07) is 33.0. The van der Waals surface area contributed by atoms with Crippen LogP contribution in [0.2, 0.25) is 0 Å². The number of hydrogen-bond donors (Lipinski definition) is 2. The number of anilines is 2. The maximum absolute atomic E-state index is 13.4. The summed E-state index contributed by atoms with van der Waals surface area (Å²) in [5.74, 6) is 0.334. The van der Waals surface area contributed by atoms with Crippen molar-refractivity contribution in [2.24, 2.45) is 0 Å². The second-order valence-corrected chi connectivity index (χ2v) is 10.1. The van der Waals surface area contributed by atoms with Crippen LogP contribution in [0, 0.1) is 13.8 Å². The van der Waals surface area contributed by atoms with Crippen LogP contribution < -0.4 is 10.6 Å². The molecular weight excluding hydrogens is 524 g/mol. The summed E-state index contributed by atoms with van der Waals surface area (Å²) < 4.78 is 5.86. The number of amides is 2. The summed E-state index contributed by atoms with van der Waals surface area (Å²) in [6.07, 6.45) is 3.12. The van der Waals surface area contributed by atoms with Gasteiger partial charge in [0.05, 0.1) is 12.1 Å². The molecule has 0 radical (unpaired) electrons. The fourth-order valence-electron chi connectivity index (χ4n) is 4.41. The van der Waals surface area contributed by atoms with Gasteiger partial charge in [-0.25, -0.2) is 0 Å². The molecule has 0 spiro atoms. The number of hydrogen-bond acceptors (Lipinski definition) is 4. The van der Waals surface area contributed by atoms with E-state index in [1.54, 1.807) is 54.6 Å². The largest absolute Gasteiger partial charge is 0.457 e. The number of ketones is 1. The minimum atomic E-state index is -0.391. The molecule has 0 fully saturated rings. The summed E-state index contributed by atoms with van der Waals surface area (Å²) in [5.41, 5.74) is 5.62. The molecule has 1 heterocycles. The van der Waals surface area contributed by atoms with Gasteiger partial charge >= 0.3 is 0 Å². The van der Waals surface area contributed by atoms with Crippen LogP contribution in [0.5, 0.6) is 0 Å². The van der Waals surface area contributed by atoms with Crippen molar-refractivity contribution in [3.8, 4) is 11.3 Å². The Morgan fingerprint density at radius 2 is 1.43 bits per heavy atom. The second kappa shape index (κ2) is 12.8. The molecule has 0 saturated heterocycles. The average Bonchev–Trinajstić information content (AvgIpc) is 3.48. The van der Waals surface area contributed by atoms with Crippen molar-refractivity contribution in [2.75, 3.05) is 10.6 Å². The highest BCUT2D eigenvalue weighted by atomic mass is 16.3. The van der Waals surface area contributed by atoms with Gasteiger partial charge in [-0.3, -0.25) is 14.4 Å². The van der Waals surface area contributed by atoms with Crippen LogP contribution in [0.1, 0.15) is 38.4 Å². The first-order chi connectivity index (χ1) is 20.3. The first kappa shape index (κ1) is 28.1. The standard InChI is InChI=1S/C36H30N2O4/c1-24-8-12-26(13-9-24)22-35(40)38-32-19-16-29(23-31(32)36(41)28-6-4-3-5-7-28)37-34(39)21-18-30-17-20-33(42-30)27-14-10-25(2)11-15-27/h3-21,23H,22H2,1-2H3,(H,37,39)(H,38,40)/b21-18+. The van der Waals surface area contributed by atoms with Crippen molar-refractivity contribution in [3.05, 3.63) is 149 Å². The zero-order valence-electron chi connectivity index (χ0n) is 23.4. The third-order valence-electron chi connectivity index (χ3n) is 6.69. The van der Waals surface area contributed by atoms with Crippen molar-refractivity contribution in [1.29, 1.82) is 0 Å². The zero-order valence-corrected chi connectivity index (χ0v) is 23.4. The molecule has 0 unspecified atom stereocenters. The van der Waals surface area contributed by atoms with E-state index >= 15 is 0 Å². The Morgan fingerprint density at radius 1 is 0.738 bits per heavy atom. The van der Waals surface area contributed by atoms with Crippen LogP contribution in [-0.2, 0) is 16.0 Å². The third-order valence-corrected chi connectivity index (χ3v) is 6.69. The lowest BCUT2D eigenvalue weighted by Crippen LogP contribution is -2.18. The van der Waals surface area contributed by atoms with E-state index in [0.717, 1.165) is 22.3 Å². The van der Waals surface area contributed by atoms with E-state index in [0.29, 0.717) is 28.5 Å². The number of rotatable bonds is 9. The Kier molecular flexibility index (Phi) is 8.54. The molecule has 0 aliphatic heterocycles. The molecule has 5 aromatic rings. The van der Waals surface area contributed by atoms with Gasteiger partial charge in [-0.05, 0) is 55.8 Å². The fraction of sp³-hybridized carbons (Fsp3) is 0.0833. The summed E-state index contributed by atoms with van der Waals surface area (Å²) in [5, 5.41) is 5.67. The number of carbonyl (C=O) groups excluding carboxylic acids is 3. The van der Waals surface area contributed by atoms with Crippen molar-refractivity contribution in [1.82, 2.24) is 0 Å². The topological polar surface area (TPSA) is 88.4 Å². The van der Waals surface area contributed by atoms with Gasteiger partial charge in [0.25, 0.3) is 0 Å². The van der Waals surface area contributed by atoms with Crippen LogP contribution in [-0.4, -0.2) is 17.6 Å². The molecule has 4 aromatic carbocycles. The summed E-state index contributed by atoms with van der Waals surface area (Å²) in [7, 11) is 0. The average molecular weight is 555 g/mol. The molecule has 2 N–H and O–H groups in total. The minimum absolute atomic E-state index is 0.168. The molecule has 0 atom stereocenters. The van der Waals surface area contributed by atoms with Gasteiger partial charge < -0.3 is 15.1 Å². The zero-order chi connectivity index (χ0) is 29.5. The monoisotopic (exact) mass is 554 g/mol. The molecule has 0 aliphatic rings. The SMILES string of the molecule is Cc1ccc(CC(=O)Nc2ccc(NC(=O)/C=C/c3ccc(-c4ccc(C)cc4)o3)cc2C(=O)c2ccccc2)cc1. The molecule has 6 nitrogen and oxygen atoms in total. The smallest absolute Gasteiger partial charge is 0.248 e. The Bertz CT molecular complexity index is 1750. The molecule has 42 heavy (non-hydrogen) atoms. The lowest BCUT2D eigenvalue weighted by atomic mass is 10.0. The molecule has 1 aromatic heterocycles. The van der Waals surface area contributed by atoms with E-state index in [1.165, 1.54) is 6.08 Å². The minimum Gasteiger partial charge on any atom is -0.457 e. The lowest BCUT2D eigenvalue weighted by molar-refractivity contribution is -0.115. The number of nitrogens with one attached hydrogen (secondary N) is 2. The first-order valence-electron chi connectivity index (χ1n) is 13.6. The van der Waals surface area contributed by atoms with Crippen molar-refractivity contribution >= 4 is 35.0 Å². The van der Waals surface area contributed by atoms with Crippen LogP contribution >= 0.6 is 0 Å². The van der Waals surface area contributed by atoms with Crippen LogP contribution in [0.3, 0.4) is 0 Å². The van der Waals surface area contributed by atoms with Gasteiger partial charge in [-0.1, -0.05) is 90.0 Å². The molecule has 5 rings (SSSR count). The predicted molar refractivity (Wildman–Crippen MR) is 166 cm³/mol. The second-order valence-electron chi connectivity index (χ2n) is 10.1. The summed E-state index contributed by atoms with van der Waals surface area (Å²) in [6.45, 7) is 4.01.